The Morgan fingerprint density at radius 3 is 1.07 bits per heavy atom. The van der Waals surface area contributed by atoms with Crippen LogP contribution in [0.4, 0.5) is 0 Å². The monoisotopic (exact) mass is 530 g/mol. The van der Waals surface area contributed by atoms with Crippen LogP contribution in [0.3, 0.4) is 0 Å². The topological polar surface area (TPSA) is 0 Å². The van der Waals surface area contributed by atoms with E-state index in [4.69, 9.17) is 15.7 Å². The summed E-state index contributed by atoms with van der Waals surface area (Å²) in [4.78, 5) is 0. The van der Waals surface area contributed by atoms with Crippen molar-refractivity contribution in [2.45, 2.75) is 128 Å². The Labute approximate surface area is 249 Å². The second-order valence-corrected chi connectivity index (χ2v) is 14.1. The number of benzene rings is 3. The van der Waals surface area contributed by atoms with Crippen LogP contribution >= 0.6 is 0 Å². The van der Waals surface area contributed by atoms with E-state index in [9.17, 15) is 0 Å². The predicted octanol–water partition coefficient (Wildman–Crippen LogP) is 10.3. The molecule has 3 rings (SSSR count). The maximum Gasteiger partial charge on any atom is 0.0875 e. The molecule has 0 bridgehead atoms. The molecule has 2 atom stereocenters. The van der Waals surface area contributed by atoms with Crippen LogP contribution in [-0.4, -0.2) is 15.7 Å². The number of hydrogen-bond acceptors (Lipinski definition) is 0. The molecule has 0 fully saturated rings. The van der Waals surface area contributed by atoms with Crippen molar-refractivity contribution >= 4 is 15.7 Å². The summed E-state index contributed by atoms with van der Waals surface area (Å²) in [5.74, 6) is 0. The zero-order valence-electron chi connectivity index (χ0n) is 26.7. The molecule has 0 saturated carbocycles. The lowest BCUT2D eigenvalue weighted by Gasteiger charge is -2.36. The fourth-order valence-electron chi connectivity index (χ4n) is 5.83. The summed E-state index contributed by atoms with van der Waals surface area (Å²) >= 11 is 0. The molecule has 0 heterocycles. The Bertz CT molecular complexity index is 1100. The molecule has 0 nitrogen and oxygen atoms in total. The van der Waals surface area contributed by atoms with Gasteiger partial charge in [0, 0.05) is 0 Å². The average Bonchev–Trinajstić information content (AvgIpc) is 2.92. The lowest BCUT2D eigenvalue weighted by Crippen LogP contribution is -2.32. The van der Waals surface area contributed by atoms with Gasteiger partial charge < -0.3 is 0 Å². The van der Waals surface area contributed by atoms with Crippen molar-refractivity contribution < 1.29 is 0 Å². The zero-order chi connectivity index (χ0) is 29.6. The molecule has 0 saturated heterocycles. The highest BCUT2D eigenvalue weighted by Crippen LogP contribution is 2.40. The van der Waals surface area contributed by atoms with Crippen LogP contribution in [0.15, 0.2) is 72.8 Å². The molecule has 40 heavy (non-hydrogen) atoms. The third-order valence-electron chi connectivity index (χ3n) is 8.77. The van der Waals surface area contributed by atoms with E-state index < -0.39 is 10.6 Å². The van der Waals surface area contributed by atoms with Crippen molar-refractivity contribution in [2.75, 3.05) is 0 Å². The third-order valence-corrected chi connectivity index (χ3v) is 8.77. The van der Waals surface area contributed by atoms with Crippen molar-refractivity contribution in [3.8, 4) is 0 Å². The van der Waals surface area contributed by atoms with Gasteiger partial charge in [0.05, 0.1) is 15.7 Å². The first-order chi connectivity index (χ1) is 18.8. The van der Waals surface area contributed by atoms with Crippen molar-refractivity contribution in [3.05, 3.63) is 106 Å². The van der Waals surface area contributed by atoms with Gasteiger partial charge in [0.15, 0.2) is 0 Å². The van der Waals surface area contributed by atoms with Crippen LogP contribution in [0, 0.1) is 0 Å². The smallest absolute Gasteiger partial charge is 0.0654 e. The van der Waals surface area contributed by atoms with Gasteiger partial charge in [-0.2, -0.15) is 0 Å². The summed E-state index contributed by atoms with van der Waals surface area (Å²) in [6.45, 7) is 18.1. The lowest BCUT2D eigenvalue weighted by molar-refractivity contribution is 0.561. The Balaban J connectivity index is 2.11. The fourth-order valence-corrected chi connectivity index (χ4v) is 5.83. The minimum absolute atomic E-state index is 0.109. The Hall–Kier alpha value is -2.21. The van der Waals surface area contributed by atoms with E-state index in [1.807, 2.05) is 0 Å². The van der Waals surface area contributed by atoms with Crippen molar-refractivity contribution in [1.29, 1.82) is 0 Å². The second kappa shape index (κ2) is 13.2. The molecule has 2 heteroatoms. The summed E-state index contributed by atoms with van der Waals surface area (Å²) in [6.07, 6.45) is 8.71. The maximum atomic E-state index is 7.44. The lowest BCUT2D eigenvalue weighted by atomic mass is 9.54. The number of rotatable bonds is 12. The minimum Gasteiger partial charge on any atom is -0.0654 e. The second-order valence-electron chi connectivity index (χ2n) is 14.1. The van der Waals surface area contributed by atoms with E-state index in [-0.39, 0.29) is 10.8 Å². The van der Waals surface area contributed by atoms with E-state index in [0.29, 0.717) is 0 Å². The van der Waals surface area contributed by atoms with Gasteiger partial charge in [0.1, 0.15) is 0 Å². The largest absolute Gasteiger partial charge is 0.0875 e. The standard InChI is InChI=1S/C38H52B2/c1-9-11-13-26-37(39,31-22-18-29(19-23-31)35(3,4)5)33-16-15-17-34(28-33)38(40,27-14-12-10-2)32-24-20-30(21-25-32)36(6,7)8/h15-25,28H,9-14,26-27H2,1-8H3. The van der Waals surface area contributed by atoms with E-state index in [0.717, 1.165) is 36.8 Å². The van der Waals surface area contributed by atoms with E-state index in [1.165, 1.54) is 47.9 Å². The van der Waals surface area contributed by atoms with Gasteiger partial charge in [0.25, 0.3) is 0 Å². The zero-order valence-corrected chi connectivity index (χ0v) is 26.7. The molecule has 3 aromatic rings. The molecule has 3 aromatic carbocycles. The molecular formula is C38H52B2. The Kier molecular flexibility index (Phi) is 10.6. The SMILES string of the molecule is [B]C(CCCCC)(c1ccc(C(C)(C)C)cc1)c1cccc(C([B])(CCCCC)c2ccc(C(C)(C)C)cc2)c1. The quantitative estimate of drug-likeness (QED) is 0.161. The van der Waals surface area contributed by atoms with Crippen LogP contribution in [0.5, 0.6) is 0 Å². The number of unbranched alkanes of at least 4 members (excludes halogenated alkanes) is 4. The van der Waals surface area contributed by atoms with Crippen LogP contribution in [-0.2, 0) is 21.5 Å². The molecular weight excluding hydrogens is 478 g/mol. The Morgan fingerprint density at radius 2 is 0.775 bits per heavy atom. The van der Waals surface area contributed by atoms with Crippen LogP contribution in [0.2, 0.25) is 0 Å². The minimum atomic E-state index is -0.567. The van der Waals surface area contributed by atoms with Crippen LogP contribution < -0.4 is 0 Å². The summed E-state index contributed by atoms with van der Waals surface area (Å²) in [5.41, 5.74) is 7.54. The molecule has 2 unspecified atom stereocenters. The first-order valence-corrected chi connectivity index (χ1v) is 15.7. The van der Waals surface area contributed by atoms with E-state index in [1.54, 1.807) is 0 Å². The van der Waals surface area contributed by atoms with E-state index in [2.05, 4.69) is 128 Å². The third kappa shape index (κ3) is 7.54. The normalized spacial score (nSPS) is 15.4. The fraction of sp³-hybridized carbons (Fsp3) is 0.526. The summed E-state index contributed by atoms with van der Waals surface area (Å²) in [7, 11) is 14.9. The predicted molar refractivity (Wildman–Crippen MR) is 178 cm³/mol. The van der Waals surface area contributed by atoms with Crippen LogP contribution in [0.1, 0.15) is 140 Å². The molecule has 0 spiro atoms. The van der Waals surface area contributed by atoms with Gasteiger partial charge in [-0.25, -0.2) is 0 Å². The highest BCUT2D eigenvalue weighted by atomic mass is 14.3. The highest BCUT2D eigenvalue weighted by Gasteiger charge is 2.33. The van der Waals surface area contributed by atoms with Gasteiger partial charge in [-0.05, 0) is 67.7 Å². The van der Waals surface area contributed by atoms with Crippen molar-refractivity contribution in [3.63, 3.8) is 0 Å². The molecule has 0 aliphatic heterocycles. The molecule has 0 aliphatic carbocycles. The van der Waals surface area contributed by atoms with E-state index >= 15 is 0 Å². The first-order valence-electron chi connectivity index (χ1n) is 15.7. The average molecular weight is 530 g/mol. The summed E-state index contributed by atoms with van der Waals surface area (Å²) in [6, 6.07) is 26.9. The summed E-state index contributed by atoms with van der Waals surface area (Å²) < 4.78 is 0. The molecule has 210 valence electrons. The Morgan fingerprint density at radius 1 is 0.450 bits per heavy atom. The molecule has 0 aromatic heterocycles. The van der Waals surface area contributed by atoms with Gasteiger partial charge in [-0.1, -0.05) is 167 Å². The maximum absolute atomic E-state index is 7.44. The van der Waals surface area contributed by atoms with Gasteiger partial charge in [0.2, 0.25) is 0 Å². The highest BCUT2D eigenvalue weighted by molar-refractivity contribution is 6.19. The first kappa shape index (κ1) is 32.3. The van der Waals surface area contributed by atoms with Crippen molar-refractivity contribution in [2.24, 2.45) is 0 Å². The van der Waals surface area contributed by atoms with Gasteiger partial charge in [-0.15, -0.1) is 0 Å². The molecule has 0 N–H and O–H groups in total. The van der Waals surface area contributed by atoms with Crippen LogP contribution in [0.25, 0.3) is 0 Å². The molecule has 0 aliphatic rings. The van der Waals surface area contributed by atoms with Crippen molar-refractivity contribution in [1.82, 2.24) is 0 Å². The van der Waals surface area contributed by atoms with Gasteiger partial charge in [-0.3, -0.25) is 0 Å². The molecule has 4 radical (unpaired) electrons. The molecule has 0 amide bonds. The summed E-state index contributed by atoms with van der Waals surface area (Å²) in [5, 5.41) is -1.13. The number of hydrogen-bond donors (Lipinski definition) is 0. The van der Waals surface area contributed by atoms with Gasteiger partial charge >= 0.3 is 0 Å².